The van der Waals surface area contributed by atoms with E-state index in [4.69, 9.17) is 28.5 Å². The molecule has 9 heteroatoms. The van der Waals surface area contributed by atoms with Crippen molar-refractivity contribution in [3.8, 4) is 6.07 Å². The monoisotopic (exact) mass is 453 g/mol. The Morgan fingerprint density at radius 1 is 1.07 bits per heavy atom. The Balaban J connectivity index is 1.91. The molecule has 0 aliphatic heterocycles. The molecule has 0 unspecified atom stereocenters. The number of rotatable bonds is 8. The van der Waals surface area contributed by atoms with E-state index in [1.807, 2.05) is 12.1 Å². The number of carbonyl (C=O) groups is 1. The van der Waals surface area contributed by atoms with Crippen LogP contribution in [0.15, 0.2) is 47.4 Å². The second-order valence-electron chi connectivity index (χ2n) is 6.53. The minimum atomic E-state index is -3.86. The maximum Gasteiger partial charge on any atom is 0.244 e. The summed E-state index contributed by atoms with van der Waals surface area (Å²) in [6, 6.07) is 13.5. The van der Waals surface area contributed by atoms with Gasteiger partial charge in [0, 0.05) is 38.6 Å². The average molecular weight is 454 g/mol. The zero-order chi connectivity index (χ0) is 21.6. The number of carbonyl (C=O) groups excluding carboxylic acids is 1. The number of nitrogens with zero attached hydrogens (tertiary/aromatic N) is 3. The molecule has 6 nitrogen and oxygen atoms in total. The van der Waals surface area contributed by atoms with E-state index >= 15 is 0 Å². The normalized spacial score (nSPS) is 11.3. The van der Waals surface area contributed by atoms with Crippen molar-refractivity contribution in [1.29, 1.82) is 5.26 Å². The minimum absolute atomic E-state index is 0.0191. The van der Waals surface area contributed by atoms with Crippen molar-refractivity contribution >= 4 is 39.1 Å². The number of amides is 1. The summed E-state index contributed by atoms with van der Waals surface area (Å²) in [5.41, 5.74) is 1.60. The second-order valence-corrected chi connectivity index (χ2v) is 9.38. The summed E-state index contributed by atoms with van der Waals surface area (Å²) in [6.07, 6.45) is 0.679. The smallest absolute Gasteiger partial charge is 0.244 e. The molecule has 154 valence electrons. The van der Waals surface area contributed by atoms with Gasteiger partial charge in [-0.3, -0.25) is 4.79 Å². The highest BCUT2D eigenvalue weighted by molar-refractivity contribution is 7.89. The maximum atomic E-state index is 12.7. The number of nitriles is 1. The molecule has 0 saturated carbocycles. The van der Waals surface area contributed by atoms with Crippen LogP contribution in [0.25, 0.3) is 0 Å². The van der Waals surface area contributed by atoms with Crippen LogP contribution >= 0.6 is 23.2 Å². The standard InChI is InChI=1S/C20H21Cl2N3O3S/c1-24(11-9-15-3-5-16(14-23)6-4-15)20(26)10-12-25(2)29(27,28)19-13-17(21)7-8-18(19)22/h3-8,13H,9-12H2,1-2H3. The Morgan fingerprint density at radius 2 is 1.72 bits per heavy atom. The van der Waals surface area contributed by atoms with Gasteiger partial charge in [-0.1, -0.05) is 35.3 Å². The molecule has 0 aromatic heterocycles. The van der Waals surface area contributed by atoms with Gasteiger partial charge in [-0.25, -0.2) is 12.7 Å². The van der Waals surface area contributed by atoms with Crippen LogP contribution in [0.5, 0.6) is 0 Å². The Hall–Kier alpha value is -2.11. The summed E-state index contributed by atoms with van der Waals surface area (Å²) in [7, 11) is -0.781. The van der Waals surface area contributed by atoms with Crippen LogP contribution in [-0.2, 0) is 21.2 Å². The van der Waals surface area contributed by atoms with Gasteiger partial charge in [0.15, 0.2) is 0 Å². The molecule has 1 amide bonds. The van der Waals surface area contributed by atoms with Crippen LogP contribution in [-0.4, -0.2) is 50.7 Å². The number of likely N-dealkylation sites (N-methyl/N-ethyl adjacent to an activating group) is 1. The molecule has 2 aromatic rings. The summed E-state index contributed by atoms with van der Waals surface area (Å²) in [5, 5.41) is 9.16. The zero-order valence-corrected chi connectivity index (χ0v) is 18.4. The van der Waals surface area contributed by atoms with Gasteiger partial charge in [0.1, 0.15) is 4.90 Å². The van der Waals surface area contributed by atoms with E-state index in [0.717, 1.165) is 9.87 Å². The first-order valence-electron chi connectivity index (χ1n) is 8.79. The van der Waals surface area contributed by atoms with E-state index in [-0.39, 0.29) is 33.8 Å². The van der Waals surface area contributed by atoms with Crippen molar-refractivity contribution in [2.45, 2.75) is 17.7 Å². The van der Waals surface area contributed by atoms with Gasteiger partial charge in [0.25, 0.3) is 0 Å². The molecule has 0 saturated heterocycles. The van der Waals surface area contributed by atoms with Crippen LogP contribution in [0.2, 0.25) is 10.0 Å². The fourth-order valence-electron chi connectivity index (χ4n) is 2.57. The highest BCUT2D eigenvalue weighted by atomic mass is 35.5. The quantitative estimate of drug-likeness (QED) is 0.611. The van der Waals surface area contributed by atoms with Gasteiger partial charge in [-0.05, 0) is 42.3 Å². The third-order valence-electron chi connectivity index (χ3n) is 4.47. The third kappa shape index (κ3) is 6.18. The van der Waals surface area contributed by atoms with Gasteiger partial charge < -0.3 is 4.90 Å². The SMILES string of the molecule is CN(CCc1ccc(C#N)cc1)C(=O)CCN(C)S(=O)(=O)c1cc(Cl)ccc1Cl. The summed E-state index contributed by atoms with van der Waals surface area (Å²) < 4.78 is 26.5. The number of benzene rings is 2. The van der Waals surface area contributed by atoms with Crippen molar-refractivity contribution in [3.63, 3.8) is 0 Å². The lowest BCUT2D eigenvalue weighted by molar-refractivity contribution is -0.129. The molecular formula is C20H21Cl2N3O3S. The van der Waals surface area contributed by atoms with E-state index in [9.17, 15) is 13.2 Å². The lowest BCUT2D eigenvalue weighted by Crippen LogP contribution is -2.34. The molecule has 0 fully saturated rings. The van der Waals surface area contributed by atoms with E-state index < -0.39 is 10.0 Å². The topological polar surface area (TPSA) is 81.5 Å². The predicted octanol–water partition coefficient (Wildman–Crippen LogP) is 3.58. The molecule has 0 aliphatic rings. The fourth-order valence-corrected chi connectivity index (χ4v) is 4.48. The largest absolute Gasteiger partial charge is 0.345 e. The molecule has 0 radical (unpaired) electrons. The third-order valence-corrected chi connectivity index (χ3v) is 7.04. The average Bonchev–Trinajstić information content (AvgIpc) is 2.71. The number of hydrogen-bond donors (Lipinski definition) is 0. The number of sulfonamides is 1. The lowest BCUT2D eigenvalue weighted by Gasteiger charge is -2.21. The maximum absolute atomic E-state index is 12.7. The Morgan fingerprint density at radius 3 is 2.34 bits per heavy atom. The van der Waals surface area contributed by atoms with Crippen molar-refractivity contribution < 1.29 is 13.2 Å². The highest BCUT2D eigenvalue weighted by Gasteiger charge is 2.24. The second kappa shape index (κ2) is 10.1. The summed E-state index contributed by atoms with van der Waals surface area (Å²) in [6.45, 7) is 0.506. The number of hydrogen-bond acceptors (Lipinski definition) is 4. The fraction of sp³-hybridized carbons (Fsp3) is 0.300. The van der Waals surface area contributed by atoms with Crippen molar-refractivity contribution in [2.75, 3.05) is 27.2 Å². The minimum Gasteiger partial charge on any atom is -0.345 e. The molecule has 0 spiro atoms. The first-order chi connectivity index (χ1) is 13.6. The first-order valence-corrected chi connectivity index (χ1v) is 11.0. The first kappa shape index (κ1) is 23.2. The molecular weight excluding hydrogens is 433 g/mol. The zero-order valence-electron chi connectivity index (χ0n) is 16.1. The van der Waals surface area contributed by atoms with Crippen LogP contribution in [0.3, 0.4) is 0 Å². The molecule has 0 N–H and O–H groups in total. The van der Waals surface area contributed by atoms with Gasteiger partial charge in [0.05, 0.1) is 16.7 Å². The van der Waals surface area contributed by atoms with Crippen LogP contribution in [0.4, 0.5) is 0 Å². The van der Waals surface area contributed by atoms with Gasteiger partial charge in [0.2, 0.25) is 15.9 Å². The molecule has 0 atom stereocenters. The summed E-state index contributed by atoms with van der Waals surface area (Å²) in [4.78, 5) is 13.8. The summed E-state index contributed by atoms with van der Waals surface area (Å²) in [5.74, 6) is -0.169. The van der Waals surface area contributed by atoms with Gasteiger partial charge in [-0.15, -0.1) is 0 Å². The van der Waals surface area contributed by atoms with Crippen molar-refractivity contribution in [1.82, 2.24) is 9.21 Å². The lowest BCUT2D eigenvalue weighted by atomic mass is 10.1. The molecule has 0 heterocycles. The van der Waals surface area contributed by atoms with Crippen molar-refractivity contribution in [2.24, 2.45) is 0 Å². The molecule has 0 bridgehead atoms. The van der Waals surface area contributed by atoms with Crippen LogP contribution < -0.4 is 0 Å². The Kier molecular flexibility index (Phi) is 8.05. The summed E-state index contributed by atoms with van der Waals surface area (Å²) >= 11 is 11.9. The van der Waals surface area contributed by atoms with E-state index in [0.29, 0.717) is 18.5 Å². The molecule has 0 aliphatic carbocycles. The number of halogens is 2. The predicted molar refractivity (Wildman–Crippen MR) is 113 cm³/mol. The highest BCUT2D eigenvalue weighted by Crippen LogP contribution is 2.27. The van der Waals surface area contributed by atoms with E-state index in [2.05, 4.69) is 6.07 Å². The van der Waals surface area contributed by atoms with Crippen molar-refractivity contribution in [3.05, 3.63) is 63.6 Å². The molecule has 2 rings (SSSR count). The van der Waals surface area contributed by atoms with E-state index in [1.54, 1.807) is 24.1 Å². The Labute approximate surface area is 181 Å². The Bertz CT molecular complexity index is 1020. The van der Waals surface area contributed by atoms with Crippen LogP contribution in [0, 0.1) is 11.3 Å². The van der Waals surface area contributed by atoms with Gasteiger partial charge >= 0.3 is 0 Å². The molecule has 2 aromatic carbocycles. The van der Waals surface area contributed by atoms with Gasteiger partial charge in [-0.2, -0.15) is 5.26 Å². The van der Waals surface area contributed by atoms with Crippen LogP contribution in [0.1, 0.15) is 17.5 Å². The molecule has 29 heavy (non-hydrogen) atoms. The van der Waals surface area contributed by atoms with E-state index in [1.165, 1.54) is 25.2 Å².